The van der Waals surface area contributed by atoms with Gasteiger partial charge in [0, 0.05) is 25.7 Å². The average Bonchev–Trinajstić information content (AvgIpc) is 2.78. The number of benzene rings is 1. The molecule has 6 nitrogen and oxygen atoms in total. The third-order valence-corrected chi connectivity index (χ3v) is 5.84. The van der Waals surface area contributed by atoms with Crippen molar-refractivity contribution in [3.63, 3.8) is 0 Å². The van der Waals surface area contributed by atoms with Crippen LogP contribution in [-0.2, 0) is 11.3 Å². The monoisotopic (exact) mass is 425 g/mol. The number of amides is 1. The molecule has 1 fully saturated rings. The Morgan fingerprint density at radius 1 is 1.16 bits per heavy atom. The van der Waals surface area contributed by atoms with Crippen LogP contribution in [0.1, 0.15) is 50.4 Å². The van der Waals surface area contributed by atoms with E-state index in [0.717, 1.165) is 55.2 Å². The van der Waals surface area contributed by atoms with Gasteiger partial charge >= 0.3 is 0 Å². The SMILES string of the molecule is COc1cccc(OC)c1CN1CCC[C@@H]([C@@H](NC(=O)CC(C)C)c2ccccn2)C1. The zero-order valence-corrected chi connectivity index (χ0v) is 19.1. The number of carbonyl (C=O) groups excluding carboxylic acids is 1. The van der Waals surface area contributed by atoms with Gasteiger partial charge in [0.25, 0.3) is 0 Å². The van der Waals surface area contributed by atoms with E-state index in [1.165, 1.54) is 0 Å². The Labute approximate surface area is 186 Å². The first-order valence-corrected chi connectivity index (χ1v) is 11.1. The Morgan fingerprint density at radius 2 is 1.90 bits per heavy atom. The van der Waals surface area contributed by atoms with Gasteiger partial charge in [0.05, 0.1) is 31.5 Å². The second kappa shape index (κ2) is 11.1. The van der Waals surface area contributed by atoms with Gasteiger partial charge in [-0.05, 0) is 55.5 Å². The zero-order valence-electron chi connectivity index (χ0n) is 19.1. The highest BCUT2D eigenvalue weighted by atomic mass is 16.5. The lowest BCUT2D eigenvalue weighted by Gasteiger charge is -2.37. The van der Waals surface area contributed by atoms with Gasteiger partial charge in [-0.3, -0.25) is 14.7 Å². The predicted octanol–water partition coefficient (Wildman–Crippen LogP) is 4.21. The fourth-order valence-corrected chi connectivity index (χ4v) is 4.41. The summed E-state index contributed by atoms with van der Waals surface area (Å²) in [7, 11) is 3.39. The number of methoxy groups -OCH3 is 2. The Hall–Kier alpha value is -2.60. The molecule has 168 valence electrons. The van der Waals surface area contributed by atoms with Crippen LogP contribution in [0.3, 0.4) is 0 Å². The first kappa shape index (κ1) is 23.1. The molecule has 1 aromatic carbocycles. The molecular weight excluding hydrogens is 390 g/mol. The summed E-state index contributed by atoms with van der Waals surface area (Å²) in [5, 5.41) is 3.29. The number of hydrogen-bond acceptors (Lipinski definition) is 5. The maximum absolute atomic E-state index is 12.6. The van der Waals surface area contributed by atoms with Gasteiger partial charge in [-0.25, -0.2) is 0 Å². The smallest absolute Gasteiger partial charge is 0.220 e. The summed E-state index contributed by atoms with van der Waals surface area (Å²) < 4.78 is 11.2. The molecule has 2 heterocycles. The lowest BCUT2D eigenvalue weighted by atomic mass is 9.88. The lowest BCUT2D eigenvalue weighted by molar-refractivity contribution is -0.123. The average molecular weight is 426 g/mol. The fourth-order valence-electron chi connectivity index (χ4n) is 4.41. The van der Waals surface area contributed by atoms with Crippen molar-refractivity contribution in [1.82, 2.24) is 15.2 Å². The molecule has 2 atom stereocenters. The number of nitrogens with one attached hydrogen (secondary N) is 1. The summed E-state index contributed by atoms with van der Waals surface area (Å²) in [5.74, 6) is 2.39. The van der Waals surface area contributed by atoms with Crippen molar-refractivity contribution in [3.05, 3.63) is 53.9 Å². The molecular formula is C25H35N3O3. The molecule has 1 amide bonds. The zero-order chi connectivity index (χ0) is 22.2. The molecule has 1 N–H and O–H groups in total. The minimum absolute atomic E-state index is 0.0881. The maximum Gasteiger partial charge on any atom is 0.220 e. The third-order valence-electron chi connectivity index (χ3n) is 5.84. The van der Waals surface area contributed by atoms with Crippen LogP contribution in [-0.4, -0.2) is 43.1 Å². The molecule has 0 radical (unpaired) electrons. The minimum atomic E-state index is -0.0881. The molecule has 3 rings (SSSR count). The van der Waals surface area contributed by atoms with Gasteiger partial charge in [0.1, 0.15) is 11.5 Å². The van der Waals surface area contributed by atoms with Crippen LogP contribution in [0.2, 0.25) is 0 Å². The summed E-state index contributed by atoms with van der Waals surface area (Å²) in [6.45, 7) is 6.77. The molecule has 0 aliphatic carbocycles. The summed E-state index contributed by atoms with van der Waals surface area (Å²) >= 11 is 0. The van der Waals surface area contributed by atoms with Gasteiger partial charge in [-0.2, -0.15) is 0 Å². The minimum Gasteiger partial charge on any atom is -0.496 e. The van der Waals surface area contributed by atoms with Gasteiger partial charge in [-0.15, -0.1) is 0 Å². The van der Waals surface area contributed by atoms with Gasteiger partial charge in [0.15, 0.2) is 0 Å². The number of pyridine rings is 1. The molecule has 2 aromatic rings. The van der Waals surface area contributed by atoms with E-state index in [2.05, 4.69) is 29.0 Å². The van der Waals surface area contributed by atoms with Crippen LogP contribution in [0.25, 0.3) is 0 Å². The summed E-state index contributed by atoms with van der Waals surface area (Å²) in [5.41, 5.74) is 1.99. The first-order valence-electron chi connectivity index (χ1n) is 11.1. The van der Waals surface area contributed by atoms with E-state index in [-0.39, 0.29) is 11.9 Å². The Morgan fingerprint density at radius 3 is 2.52 bits per heavy atom. The normalized spacial score (nSPS) is 17.9. The quantitative estimate of drug-likeness (QED) is 0.652. The predicted molar refractivity (Wildman–Crippen MR) is 122 cm³/mol. The second-order valence-corrected chi connectivity index (χ2v) is 8.68. The van der Waals surface area contributed by atoms with E-state index in [4.69, 9.17) is 9.47 Å². The molecule has 1 saturated heterocycles. The van der Waals surface area contributed by atoms with Crippen molar-refractivity contribution >= 4 is 5.91 Å². The third kappa shape index (κ3) is 6.20. The Bertz CT molecular complexity index is 819. The van der Waals surface area contributed by atoms with Crippen molar-refractivity contribution in [1.29, 1.82) is 0 Å². The Balaban J connectivity index is 1.78. The van der Waals surface area contributed by atoms with Crippen LogP contribution in [0, 0.1) is 11.8 Å². The van der Waals surface area contributed by atoms with Crippen molar-refractivity contribution in [2.24, 2.45) is 11.8 Å². The number of carbonyl (C=O) groups is 1. The molecule has 31 heavy (non-hydrogen) atoms. The molecule has 0 unspecified atom stereocenters. The van der Waals surface area contributed by atoms with Crippen LogP contribution >= 0.6 is 0 Å². The first-order chi connectivity index (χ1) is 15.0. The van der Waals surface area contributed by atoms with Crippen LogP contribution < -0.4 is 14.8 Å². The number of ether oxygens (including phenoxy) is 2. The molecule has 0 saturated carbocycles. The van der Waals surface area contributed by atoms with Crippen LogP contribution in [0.5, 0.6) is 11.5 Å². The molecule has 1 aliphatic heterocycles. The molecule has 0 bridgehead atoms. The van der Waals surface area contributed by atoms with E-state index in [1.807, 2.05) is 36.4 Å². The van der Waals surface area contributed by atoms with E-state index in [9.17, 15) is 4.79 Å². The highest BCUT2D eigenvalue weighted by Crippen LogP contribution is 2.33. The second-order valence-electron chi connectivity index (χ2n) is 8.68. The fraction of sp³-hybridized carbons (Fsp3) is 0.520. The molecule has 1 aromatic heterocycles. The van der Waals surface area contributed by atoms with Crippen LogP contribution in [0.4, 0.5) is 0 Å². The topological polar surface area (TPSA) is 63.7 Å². The summed E-state index contributed by atoms with van der Waals surface area (Å²) in [6, 6.07) is 11.7. The van der Waals surface area contributed by atoms with Crippen molar-refractivity contribution in [2.75, 3.05) is 27.3 Å². The van der Waals surface area contributed by atoms with E-state index in [0.29, 0.717) is 18.3 Å². The highest BCUT2D eigenvalue weighted by Gasteiger charge is 2.31. The lowest BCUT2D eigenvalue weighted by Crippen LogP contribution is -2.43. The Kier molecular flexibility index (Phi) is 8.29. The number of nitrogens with zero attached hydrogens (tertiary/aromatic N) is 2. The van der Waals surface area contributed by atoms with E-state index >= 15 is 0 Å². The van der Waals surface area contributed by atoms with Crippen molar-refractivity contribution in [2.45, 2.75) is 45.7 Å². The maximum atomic E-state index is 12.6. The number of hydrogen-bond donors (Lipinski definition) is 1. The molecule has 0 spiro atoms. The van der Waals surface area contributed by atoms with Crippen LogP contribution in [0.15, 0.2) is 42.6 Å². The number of rotatable bonds is 9. The van der Waals surface area contributed by atoms with E-state index in [1.54, 1.807) is 20.4 Å². The van der Waals surface area contributed by atoms with Crippen molar-refractivity contribution in [3.8, 4) is 11.5 Å². The highest BCUT2D eigenvalue weighted by molar-refractivity contribution is 5.76. The molecule has 1 aliphatic rings. The van der Waals surface area contributed by atoms with Gasteiger partial charge in [0.2, 0.25) is 5.91 Å². The van der Waals surface area contributed by atoms with Crippen molar-refractivity contribution < 1.29 is 14.3 Å². The summed E-state index contributed by atoms with van der Waals surface area (Å²) in [4.78, 5) is 19.6. The number of likely N-dealkylation sites (tertiary alicyclic amines) is 1. The number of aromatic nitrogens is 1. The number of piperidine rings is 1. The standard InChI is InChI=1S/C25H35N3O3/c1-18(2)15-24(29)27-25(21-10-5-6-13-26-21)19-9-8-14-28(16-19)17-20-22(30-3)11-7-12-23(20)31-4/h5-7,10-13,18-19,25H,8-9,14-17H2,1-4H3,(H,27,29)/t19-,25-/m1/s1. The van der Waals surface area contributed by atoms with Gasteiger partial charge in [-0.1, -0.05) is 26.0 Å². The van der Waals surface area contributed by atoms with Gasteiger partial charge < -0.3 is 14.8 Å². The summed E-state index contributed by atoms with van der Waals surface area (Å²) in [6.07, 6.45) is 4.46. The largest absolute Gasteiger partial charge is 0.496 e. The molecule has 6 heteroatoms. The van der Waals surface area contributed by atoms with E-state index < -0.39 is 0 Å².